The van der Waals surface area contributed by atoms with Gasteiger partial charge in [-0.25, -0.2) is 8.42 Å². The highest BCUT2D eigenvalue weighted by Crippen LogP contribution is 2.24. The van der Waals surface area contributed by atoms with Crippen LogP contribution in [0.2, 0.25) is 0 Å². The number of hydrogen-bond donors (Lipinski definition) is 1. The molecular weight excluding hydrogens is 264 g/mol. The van der Waals surface area contributed by atoms with E-state index >= 15 is 0 Å². The van der Waals surface area contributed by atoms with Gasteiger partial charge in [0.2, 0.25) is 15.9 Å². The third-order valence-electron chi connectivity index (χ3n) is 3.91. The summed E-state index contributed by atoms with van der Waals surface area (Å²) < 4.78 is 25.3. The van der Waals surface area contributed by atoms with Crippen molar-refractivity contribution in [2.24, 2.45) is 0 Å². The summed E-state index contributed by atoms with van der Waals surface area (Å²) in [5, 5.41) is 2.90. The van der Waals surface area contributed by atoms with E-state index in [9.17, 15) is 13.2 Å². The highest BCUT2D eigenvalue weighted by atomic mass is 32.2. The Morgan fingerprint density at radius 3 is 2.32 bits per heavy atom. The third kappa shape index (κ3) is 4.76. The first-order chi connectivity index (χ1) is 8.97. The lowest BCUT2D eigenvalue weighted by Crippen LogP contribution is -2.43. The SMILES string of the molecule is CS(=O)(=O)N(CCC(=O)NC1CC1)C1CCCCC1. The molecule has 2 aliphatic carbocycles. The first-order valence-corrected chi connectivity index (χ1v) is 9.08. The number of amides is 1. The minimum absolute atomic E-state index is 0.0213. The number of carbonyl (C=O) groups excluding carboxylic acids is 1. The van der Waals surface area contributed by atoms with E-state index in [4.69, 9.17) is 0 Å². The van der Waals surface area contributed by atoms with Gasteiger partial charge in [-0.1, -0.05) is 19.3 Å². The smallest absolute Gasteiger partial charge is 0.221 e. The summed E-state index contributed by atoms with van der Waals surface area (Å²) in [4.78, 5) is 11.7. The standard InChI is InChI=1S/C13H24N2O3S/c1-19(17,18)15(12-5-3-2-4-6-12)10-9-13(16)14-11-7-8-11/h11-12H,2-10H2,1H3,(H,14,16). The molecule has 0 bridgehead atoms. The maximum absolute atomic E-state index is 11.9. The van der Waals surface area contributed by atoms with Crippen LogP contribution in [0.15, 0.2) is 0 Å². The van der Waals surface area contributed by atoms with E-state index in [0.717, 1.165) is 38.5 Å². The van der Waals surface area contributed by atoms with Gasteiger partial charge in [-0.3, -0.25) is 4.79 Å². The molecule has 0 spiro atoms. The molecule has 0 aromatic carbocycles. The molecule has 2 saturated carbocycles. The molecule has 0 aliphatic heterocycles. The fourth-order valence-corrected chi connectivity index (χ4v) is 3.90. The Morgan fingerprint density at radius 1 is 1.16 bits per heavy atom. The van der Waals surface area contributed by atoms with Gasteiger partial charge < -0.3 is 5.32 Å². The predicted octanol–water partition coefficient (Wildman–Crippen LogP) is 1.25. The molecule has 6 heteroatoms. The van der Waals surface area contributed by atoms with Gasteiger partial charge in [0.05, 0.1) is 6.26 Å². The predicted molar refractivity (Wildman–Crippen MR) is 74.2 cm³/mol. The molecule has 2 rings (SSSR count). The van der Waals surface area contributed by atoms with Crippen LogP contribution in [0.25, 0.3) is 0 Å². The van der Waals surface area contributed by atoms with Crippen LogP contribution in [0.5, 0.6) is 0 Å². The van der Waals surface area contributed by atoms with Gasteiger partial charge in [-0.05, 0) is 25.7 Å². The summed E-state index contributed by atoms with van der Waals surface area (Å²) in [5.41, 5.74) is 0. The molecule has 5 nitrogen and oxygen atoms in total. The highest BCUT2D eigenvalue weighted by Gasteiger charge is 2.29. The van der Waals surface area contributed by atoms with Crippen LogP contribution in [0.3, 0.4) is 0 Å². The molecule has 0 atom stereocenters. The lowest BCUT2D eigenvalue weighted by atomic mass is 9.95. The second kappa shape index (κ2) is 6.22. The Bertz CT molecular complexity index is 412. The second-order valence-corrected chi connectivity index (χ2v) is 7.69. The van der Waals surface area contributed by atoms with E-state index < -0.39 is 10.0 Å². The number of carbonyl (C=O) groups is 1. The molecule has 1 amide bonds. The van der Waals surface area contributed by atoms with Crippen molar-refractivity contribution in [1.82, 2.24) is 9.62 Å². The minimum atomic E-state index is -3.22. The van der Waals surface area contributed by atoms with Crippen molar-refractivity contribution in [2.45, 2.75) is 63.5 Å². The zero-order valence-corrected chi connectivity index (χ0v) is 12.4. The molecule has 0 radical (unpaired) electrons. The van der Waals surface area contributed by atoms with Gasteiger partial charge >= 0.3 is 0 Å². The Morgan fingerprint density at radius 2 is 1.79 bits per heavy atom. The topological polar surface area (TPSA) is 66.5 Å². The first kappa shape index (κ1) is 14.8. The molecule has 1 N–H and O–H groups in total. The van der Waals surface area contributed by atoms with Gasteiger partial charge in [0.15, 0.2) is 0 Å². The van der Waals surface area contributed by atoms with E-state index in [-0.39, 0.29) is 18.4 Å². The van der Waals surface area contributed by atoms with Gasteiger partial charge in [0.1, 0.15) is 0 Å². The van der Waals surface area contributed by atoms with Gasteiger partial charge in [0.25, 0.3) is 0 Å². The average Bonchev–Trinajstić information content (AvgIpc) is 3.13. The quantitative estimate of drug-likeness (QED) is 0.800. The summed E-state index contributed by atoms with van der Waals surface area (Å²) in [6.07, 6.45) is 8.87. The molecule has 0 heterocycles. The second-order valence-electron chi connectivity index (χ2n) is 5.76. The normalized spacial score (nSPS) is 21.6. The largest absolute Gasteiger partial charge is 0.353 e. The lowest BCUT2D eigenvalue weighted by Gasteiger charge is -2.32. The van der Waals surface area contributed by atoms with Crippen LogP contribution in [0, 0.1) is 0 Å². The van der Waals surface area contributed by atoms with E-state index in [1.165, 1.54) is 12.7 Å². The number of nitrogens with zero attached hydrogens (tertiary/aromatic N) is 1. The molecule has 19 heavy (non-hydrogen) atoms. The molecule has 2 fully saturated rings. The number of hydrogen-bond acceptors (Lipinski definition) is 3. The van der Waals surface area contributed by atoms with Crippen LogP contribution >= 0.6 is 0 Å². The Kier molecular flexibility index (Phi) is 4.84. The maximum Gasteiger partial charge on any atom is 0.221 e. The lowest BCUT2D eigenvalue weighted by molar-refractivity contribution is -0.121. The van der Waals surface area contributed by atoms with Crippen LogP contribution in [0.4, 0.5) is 0 Å². The monoisotopic (exact) mass is 288 g/mol. The molecule has 0 aromatic rings. The van der Waals surface area contributed by atoms with Crippen LogP contribution in [-0.4, -0.2) is 43.5 Å². The van der Waals surface area contributed by atoms with Crippen molar-refractivity contribution >= 4 is 15.9 Å². The van der Waals surface area contributed by atoms with E-state index in [1.54, 1.807) is 4.31 Å². The van der Waals surface area contributed by atoms with Gasteiger partial charge in [-0.15, -0.1) is 0 Å². The fourth-order valence-electron chi connectivity index (χ4n) is 2.73. The Hall–Kier alpha value is -0.620. The van der Waals surface area contributed by atoms with Crippen molar-refractivity contribution in [1.29, 1.82) is 0 Å². The summed E-state index contributed by atoms with van der Waals surface area (Å²) in [6, 6.07) is 0.436. The summed E-state index contributed by atoms with van der Waals surface area (Å²) >= 11 is 0. The number of nitrogens with one attached hydrogen (secondary N) is 1. The first-order valence-electron chi connectivity index (χ1n) is 7.23. The molecular formula is C13H24N2O3S. The van der Waals surface area contributed by atoms with Crippen molar-refractivity contribution in [3.8, 4) is 0 Å². The summed E-state index contributed by atoms with van der Waals surface area (Å²) in [6.45, 7) is 0.321. The zero-order valence-electron chi connectivity index (χ0n) is 11.6. The molecule has 0 saturated heterocycles. The van der Waals surface area contributed by atoms with Crippen LogP contribution in [-0.2, 0) is 14.8 Å². The van der Waals surface area contributed by atoms with E-state index in [0.29, 0.717) is 12.6 Å². The average molecular weight is 288 g/mol. The molecule has 0 aromatic heterocycles. The Balaban J connectivity index is 1.87. The van der Waals surface area contributed by atoms with E-state index in [2.05, 4.69) is 5.32 Å². The molecule has 110 valence electrons. The Labute approximate surface area is 115 Å². The van der Waals surface area contributed by atoms with Crippen molar-refractivity contribution < 1.29 is 13.2 Å². The molecule has 0 unspecified atom stereocenters. The van der Waals surface area contributed by atoms with Crippen molar-refractivity contribution in [2.75, 3.05) is 12.8 Å². The van der Waals surface area contributed by atoms with Crippen molar-refractivity contribution in [3.63, 3.8) is 0 Å². The molecule has 2 aliphatic rings. The van der Waals surface area contributed by atoms with Crippen LogP contribution in [0.1, 0.15) is 51.4 Å². The highest BCUT2D eigenvalue weighted by molar-refractivity contribution is 7.88. The summed E-state index contributed by atoms with van der Waals surface area (Å²) in [7, 11) is -3.22. The number of rotatable bonds is 6. The van der Waals surface area contributed by atoms with E-state index in [1.807, 2.05) is 0 Å². The van der Waals surface area contributed by atoms with Crippen molar-refractivity contribution in [3.05, 3.63) is 0 Å². The van der Waals surface area contributed by atoms with Gasteiger partial charge in [-0.2, -0.15) is 4.31 Å². The zero-order chi connectivity index (χ0) is 13.9. The number of sulfonamides is 1. The van der Waals surface area contributed by atoms with Gasteiger partial charge in [0, 0.05) is 25.0 Å². The maximum atomic E-state index is 11.9. The third-order valence-corrected chi connectivity index (χ3v) is 5.24. The minimum Gasteiger partial charge on any atom is -0.353 e. The fraction of sp³-hybridized carbons (Fsp3) is 0.923. The van der Waals surface area contributed by atoms with Crippen LogP contribution < -0.4 is 5.32 Å². The summed E-state index contributed by atoms with van der Waals surface area (Å²) in [5.74, 6) is -0.0213.